The Morgan fingerprint density at radius 2 is 2.30 bits per heavy atom. The molecule has 0 spiro atoms. The van der Waals surface area contributed by atoms with Crippen LogP contribution >= 0.6 is 11.3 Å². The van der Waals surface area contributed by atoms with Gasteiger partial charge in [-0.3, -0.25) is 4.90 Å². The van der Waals surface area contributed by atoms with Crippen LogP contribution in [0.2, 0.25) is 0 Å². The number of morpholine rings is 1. The number of thiophene rings is 1. The molecule has 2 N–H and O–H groups in total. The topological polar surface area (TPSA) is 52.9 Å². The lowest BCUT2D eigenvalue weighted by atomic mass is 10.2. The molecule has 1 aliphatic rings. The van der Waals surface area contributed by atoms with E-state index in [0.717, 1.165) is 25.2 Å². The van der Waals surface area contributed by atoms with Crippen molar-refractivity contribution in [2.45, 2.75) is 32.1 Å². The highest BCUT2D eigenvalue weighted by Crippen LogP contribution is 2.19. The molecule has 1 fully saturated rings. The van der Waals surface area contributed by atoms with Crippen LogP contribution in [-0.4, -0.2) is 53.6 Å². The maximum absolute atomic E-state index is 9.23. The van der Waals surface area contributed by atoms with Crippen molar-refractivity contribution in [1.29, 1.82) is 0 Å². The molecule has 20 heavy (non-hydrogen) atoms. The van der Waals surface area contributed by atoms with Crippen LogP contribution in [0.25, 0.3) is 0 Å². The van der Waals surface area contributed by atoms with E-state index in [2.05, 4.69) is 22.8 Å². The quantitative estimate of drug-likeness (QED) is 0.816. The number of nitrogens with zero attached hydrogens (tertiary/aromatic N) is 1. The molecule has 2 heterocycles. The lowest BCUT2D eigenvalue weighted by Gasteiger charge is -2.35. The molecule has 1 aromatic heterocycles. The second kappa shape index (κ2) is 7.77. The monoisotopic (exact) mass is 295 g/mol. The zero-order valence-electron chi connectivity index (χ0n) is 11.7. The summed E-state index contributed by atoms with van der Waals surface area (Å²) < 4.78 is 5.64. The summed E-state index contributed by atoms with van der Waals surface area (Å²) in [5.41, 5.74) is 1.01. The molecular formula is C15H21NO3S. The Kier molecular flexibility index (Phi) is 6.02. The average molecular weight is 295 g/mol. The Morgan fingerprint density at radius 3 is 3.05 bits per heavy atom. The molecular weight excluding hydrogens is 274 g/mol. The minimum Gasteiger partial charge on any atom is -0.395 e. The minimum atomic E-state index is -0.0810. The molecule has 0 aliphatic carbocycles. The summed E-state index contributed by atoms with van der Waals surface area (Å²) in [6.07, 6.45) is 0.594. The maximum Gasteiger partial charge on any atom is 0.0936 e. The third-order valence-corrected chi connectivity index (χ3v) is 4.03. The van der Waals surface area contributed by atoms with Gasteiger partial charge in [-0.1, -0.05) is 11.8 Å². The molecule has 5 heteroatoms. The van der Waals surface area contributed by atoms with Gasteiger partial charge in [0.15, 0.2) is 0 Å². The van der Waals surface area contributed by atoms with E-state index >= 15 is 0 Å². The van der Waals surface area contributed by atoms with E-state index in [1.807, 2.05) is 12.3 Å². The molecule has 1 saturated heterocycles. The predicted molar refractivity (Wildman–Crippen MR) is 79.6 cm³/mol. The van der Waals surface area contributed by atoms with Gasteiger partial charge in [0.1, 0.15) is 0 Å². The maximum atomic E-state index is 9.23. The summed E-state index contributed by atoms with van der Waals surface area (Å²) >= 11 is 1.70. The lowest BCUT2D eigenvalue weighted by molar-refractivity contribution is -0.0970. The normalized spacial score (nSPS) is 23.4. The van der Waals surface area contributed by atoms with E-state index in [9.17, 15) is 5.11 Å². The minimum absolute atomic E-state index is 0.0726. The highest BCUT2D eigenvalue weighted by molar-refractivity contribution is 7.10. The number of aliphatic hydroxyl groups excluding tert-OH is 2. The van der Waals surface area contributed by atoms with Crippen molar-refractivity contribution < 1.29 is 14.9 Å². The first-order valence-electron chi connectivity index (χ1n) is 6.87. The molecule has 0 saturated carbocycles. The predicted octanol–water partition coefficient (Wildman–Crippen LogP) is 1.06. The number of ether oxygens (including phenoxy) is 1. The molecule has 0 bridgehead atoms. The Hall–Kier alpha value is -0.900. The molecule has 0 radical (unpaired) electrons. The summed E-state index contributed by atoms with van der Waals surface area (Å²) in [4.78, 5) is 3.58. The van der Waals surface area contributed by atoms with Crippen LogP contribution in [0.1, 0.15) is 23.8 Å². The third kappa shape index (κ3) is 4.58. The van der Waals surface area contributed by atoms with Crippen molar-refractivity contribution in [2.75, 3.05) is 26.3 Å². The van der Waals surface area contributed by atoms with Gasteiger partial charge in [0.2, 0.25) is 0 Å². The zero-order valence-corrected chi connectivity index (χ0v) is 12.5. The number of aliphatic hydroxyl groups is 2. The van der Waals surface area contributed by atoms with Crippen LogP contribution in [0.15, 0.2) is 11.4 Å². The largest absolute Gasteiger partial charge is 0.395 e. The van der Waals surface area contributed by atoms with E-state index in [1.165, 1.54) is 4.88 Å². The summed E-state index contributed by atoms with van der Waals surface area (Å²) in [6, 6.07) is 2.10. The van der Waals surface area contributed by atoms with Crippen LogP contribution in [-0.2, 0) is 11.3 Å². The Bertz CT molecular complexity index is 477. The average Bonchev–Trinajstić information content (AvgIpc) is 2.86. The Labute approximate surface area is 124 Å². The van der Waals surface area contributed by atoms with Crippen molar-refractivity contribution >= 4 is 11.3 Å². The van der Waals surface area contributed by atoms with Gasteiger partial charge in [-0.05, 0) is 13.0 Å². The van der Waals surface area contributed by atoms with Gasteiger partial charge < -0.3 is 14.9 Å². The SMILES string of the molecule is CC1CN(Cc2cc(C#CCCO)cs2)CC(CO)O1. The number of rotatable bonds is 4. The molecule has 1 aliphatic heterocycles. The standard InChI is InChI=1S/C15H21NO3S/c1-12-7-16(8-14(10-18)19-12)9-15-6-13(11-20-15)4-2-3-5-17/h6,11-12,14,17-18H,3,5,7-10H2,1H3. The van der Waals surface area contributed by atoms with E-state index in [4.69, 9.17) is 9.84 Å². The molecule has 0 amide bonds. The van der Waals surface area contributed by atoms with Gasteiger partial charge in [0.05, 0.1) is 25.4 Å². The van der Waals surface area contributed by atoms with Crippen molar-refractivity contribution in [2.24, 2.45) is 0 Å². The summed E-state index contributed by atoms with van der Waals surface area (Å²) in [7, 11) is 0. The van der Waals surface area contributed by atoms with Gasteiger partial charge in [0.25, 0.3) is 0 Å². The second-order valence-electron chi connectivity index (χ2n) is 5.02. The smallest absolute Gasteiger partial charge is 0.0936 e. The van der Waals surface area contributed by atoms with E-state index in [-0.39, 0.29) is 25.4 Å². The lowest BCUT2D eigenvalue weighted by Crippen LogP contribution is -2.47. The second-order valence-corrected chi connectivity index (χ2v) is 6.02. The van der Waals surface area contributed by atoms with Gasteiger partial charge in [0, 0.05) is 41.9 Å². The van der Waals surface area contributed by atoms with Crippen LogP contribution in [0.3, 0.4) is 0 Å². The highest BCUT2D eigenvalue weighted by Gasteiger charge is 2.24. The summed E-state index contributed by atoms with van der Waals surface area (Å²) in [5, 5.41) is 20.0. The van der Waals surface area contributed by atoms with Gasteiger partial charge >= 0.3 is 0 Å². The highest BCUT2D eigenvalue weighted by atomic mass is 32.1. The fourth-order valence-electron chi connectivity index (χ4n) is 2.34. The first-order chi connectivity index (χ1) is 9.71. The van der Waals surface area contributed by atoms with Gasteiger partial charge in [-0.15, -0.1) is 11.3 Å². The molecule has 2 atom stereocenters. The molecule has 110 valence electrons. The molecule has 1 aromatic rings. The van der Waals surface area contributed by atoms with Crippen LogP contribution in [0.5, 0.6) is 0 Å². The zero-order chi connectivity index (χ0) is 14.4. The first kappa shape index (κ1) is 15.5. The fourth-order valence-corrected chi connectivity index (χ4v) is 3.20. The number of hydrogen-bond donors (Lipinski definition) is 2. The van der Waals surface area contributed by atoms with Crippen molar-refractivity contribution in [3.05, 3.63) is 21.9 Å². The Balaban J connectivity index is 1.91. The van der Waals surface area contributed by atoms with Crippen LogP contribution in [0.4, 0.5) is 0 Å². The van der Waals surface area contributed by atoms with E-state index in [1.54, 1.807) is 11.3 Å². The summed E-state index contributed by atoms with van der Waals surface area (Å²) in [5.74, 6) is 5.98. The third-order valence-electron chi connectivity index (χ3n) is 3.11. The number of hydrogen-bond acceptors (Lipinski definition) is 5. The molecule has 4 nitrogen and oxygen atoms in total. The first-order valence-corrected chi connectivity index (χ1v) is 7.75. The molecule has 2 rings (SSSR count). The van der Waals surface area contributed by atoms with Crippen LogP contribution < -0.4 is 0 Å². The molecule has 0 aromatic carbocycles. The fraction of sp³-hybridized carbons (Fsp3) is 0.600. The summed E-state index contributed by atoms with van der Waals surface area (Å²) in [6.45, 7) is 4.75. The van der Waals surface area contributed by atoms with Gasteiger partial charge in [-0.2, -0.15) is 0 Å². The molecule has 2 unspecified atom stereocenters. The van der Waals surface area contributed by atoms with E-state index < -0.39 is 0 Å². The van der Waals surface area contributed by atoms with Crippen LogP contribution in [0, 0.1) is 11.8 Å². The van der Waals surface area contributed by atoms with E-state index in [0.29, 0.717) is 6.42 Å². The van der Waals surface area contributed by atoms with Crippen molar-refractivity contribution in [1.82, 2.24) is 4.90 Å². The van der Waals surface area contributed by atoms with Crippen molar-refractivity contribution in [3.8, 4) is 11.8 Å². The Morgan fingerprint density at radius 1 is 1.45 bits per heavy atom. The van der Waals surface area contributed by atoms with Crippen molar-refractivity contribution in [3.63, 3.8) is 0 Å². The van der Waals surface area contributed by atoms with Gasteiger partial charge in [-0.25, -0.2) is 0 Å².